The van der Waals surface area contributed by atoms with Crippen molar-refractivity contribution in [2.75, 3.05) is 11.9 Å². The number of hydrogen-bond donors (Lipinski definition) is 2. The molecule has 5 heteroatoms. The second kappa shape index (κ2) is 6.34. The van der Waals surface area contributed by atoms with Crippen molar-refractivity contribution < 1.29 is 14.6 Å². The van der Waals surface area contributed by atoms with Crippen LogP contribution in [0.2, 0.25) is 0 Å². The number of aliphatic imine (C=N–C) groups is 1. The molecule has 1 heterocycles. The summed E-state index contributed by atoms with van der Waals surface area (Å²) in [6.07, 6.45) is 5.19. The third-order valence-electron chi connectivity index (χ3n) is 3.42. The molecule has 0 spiro atoms. The topological polar surface area (TPSA) is 70.9 Å². The first-order chi connectivity index (χ1) is 11.2. The maximum atomic E-state index is 12.1. The summed E-state index contributed by atoms with van der Waals surface area (Å²) in [7, 11) is 0. The van der Waals surface area contributed by atoms with E-state index in [4.69, 9.17) is 11.2 Å². The molecular weight excluding hydrogens is 292 g/mol. The van der Waals surface area contributed by atoms with Crippen LogP contribution in [0.1, 0.15) is 11.1 Å². The largest absolute Gasteiger partial charge is 0.481 e. The highest BCUT2D eigenvalue weighted by Gasteiger charge is 2.25. The Morgan fingerprint density at radius 2 is 2.09 bits per heavy atom. The van der Waals surface area contributed by atoms with Gasteiger partial charge in [0.15, 0.2) is 0 Å². The molecule has 2 N–H and O–H groups in total. The predicted octanol–water partition coefficient (Wildman–Crippen LogP) is 2.26. The van der Waals surface area contributed by atoms with Crippen LogP contribution in [0.15, 0.2) is 47.5 Å². The molecule has 0 bridgehead atoms. The van der Waals surface area contributed by atoms with Crippen molar-refractivity contribution in [2.24, 2.45) is 4.99 Å². The number of rotatable bonds is 4. The van der Waals surface area contributed by atoms with Gasteiger partial charge in [-0.05, 0) is 12.1 Å². The van der Waals surface area contributed by atoms with Crippen molar-refractivity contribution in [3.8, 4) is 18.1 Å². The van der Waals surface area contributed by atoms with Gasteiger partial charge in [-0.2, -0.15) is 0 Å². The number of para-hydroxylation sites is 1. The van der Waals surface area contributed by atoms with Gasteiger partial charge in [-0.25, -0.2) is 4.99 Å². The van der Waals surface area contributed by atoms with E-state index in [0.29, 0.717) is 22.7 Å². The summed E-state index contributed by atoms with van der Waals surface area (Å²) in [5.41, 5.74) is 3.01. The number of benzene rings is 2. The van der Waals surface area contributed by atoms with Crippen molar-refractivity contribution >= 4 is 23.0 Å². The molecule has 0 fully saturated rings. The Balaban J connectivity index is 1.99. The molecule has 1 aliphatic heterocycles. The van der Waals surface area contributed by atoms with Gasteiger partial charge in [-0.15, -0.1) is 6.42 Å². The summed E-state index contributed by atoms with van der Waals surface area (Å²) in [6, 6.07) is 12.4. The molecule has 1 aliphatic rings. The second-order valence-corrected chi connectivity index (χ2v) is 4.90. The summed E-state index contributed by atoms with van der Waals surface area (Å²) in [6.45, 7) is -0.0730. The monoisotopic (exact) mass is 306 g/mol. The molecule has 0 aromatic heterocycles. The van der Waals surface area contributed by atoms with Crippen molar-refractivity contribution in [3.63, 3.8) is 0 Å². The molecule has 2 aromatic rings. The van der Waals surface area contributed by atoms with Crippen LogP contribution in [0.5, 0.6) is 5.75 Å². The van der Waals surface area contributed by atoms with E-state index in [0.717, 1.165) is 11.3 Å². The zero-order valence-electron chi connectivity index (χ0n) is 12.2. The third kappa shape index (κ3) is 2.93. The summed E-state index contributed by atoms with van der Waals surface area (Å²) in [4.78, 5) is 16.5. The zero-order chi connectivity index (χ0) is 16.2. The molecule has 0 saturated heterocycles. The number of aliphatic hydroxyl groups is 1. The number of carbonyl (C=O) groups excluding carboxylic acids is 1. The van der Waals surface area contributed by atoms with Crippen LogP contribution in [-0.2, 0) is 11.4 Å². The maximum Gasteiger partial charge on any atom is 0.275 e. The average Bonchev–Trinajstić information content (AvgIpc) is 2.89. The highest BCUT2D eigenvalue weighted by atomic mass is 16.5. The maximum absolute atomic E-state index is 12.1. The Hall–Kier alpha value is -3.10. The smallest absolute Gasteiger partial charge is 0.275 e. The fourth-order valence-electron chi connectivity index (χ4n) is 2.34. The lowest BCUT2D eigenvalue weighted by Gasteiger charge is -2.08. The number of terminal acetylenes is 1. The van der Waals surface area contributed by atoms with Crippen molar-refractivity contribution in [1.82, 2.24) is 0 Å². The van der Waals surface area contributed by atoms with E-state index in [1.165, 1.54) is 0 Å². The minimum atomic E-state index is -0.247. The first kappa shape index (κ1) is 14.8. The van der Waals surface area contributed by atoms with Crippen LogP contribution in [0.3, 0.4) is 0 Å². The molecule has 0 saturated carbocycles. The predicted molar refractivity (Wildman–Crippen MR) is 88.0 cm³/mol. The molecule has 1 amide bonds. The molecule has 0 aliphatic carbocycles. The number of ether oxygens (including phenoxy) is 1. The third-order valence-corrected chi connectivity index (χ3v) is 3.42. The van der Waals surface area contributed by atoms with Crippen LogP contribution in [0.4, 0.5) is 11.4 Å². The van der Waals surface area contributed by atoms with Gasteiger partial charge < -0.3 is 15.2 Å². The van der Waals surface area contributed by atoms with E-state index in [2.05, 4.69) is 16.2 Å². The van der Waals surface area contributed by atoms with Crippen LogP contribution >= 0.6 is 0 Å². The van der Waals surface area contributed by atoms with E-state index >= 15 is 0 Å². The second-order valence-electron chi connectivity index (χ2n) is 4.90. The first-order valence-electron chi connectivity index (χ1n) is 7.02. The Bertz CT molecular complexity index is 834. The van der Waals surface area contributed by atoms with E-state index in [1.54, 1.807) is 18.2 Å². The number of anilines is 1. The highest BCUT2D eigenvalue weighted by molar-refractivity contribution is 6.54. The quantitative estimate of drug-likeness (QED) is 0.851. The van der Waals surface area contributed by atoms with Gasteiger partial charge in [-0.1, -0.05) is 30.2 Å². The lowest BCUT2D eigenvalue weighted by Crippen LogP contribution is -2.13. The van der Waals surface area contributed by atoms with Gasteiger partial charge in [0.25, 0.3) is 5.91 Å². The molecule has 5 nitrogen and oxygen atoms in total. The first-order valence-corrected chi connectivity index (χ1v) is 7.02. The fraction of sp³-hybridized carbons (Fsp3) is 0.111. The van der Waals surface area contributed by atoms with Crippen LogP contribution in [0.25, 0.3) is 0 Å². The number of carbonyl (C=O) groups is 1. The Morgan fingerprint density at radius 3 is 2.87 bits per heavy atom. The van der Waals surface area contributed by atoms with Gasteiger partial charge in [-0.3, -0.25) is 4.79 Å². The number of fused-ring (bicyclic) bond motifs is 1. The van der Waals surface area contributed by atoms with Gasteiger partial charge in [0.05, 0.1) is 18.0 Å². The summed E-state index contributed by atoms with van der Waals surface area (Å²) >= 11 is 0. The zero-order valence-corrected chi connectivity index (χ0v) is 12.2. The summed E-state index contributed by atoms with van der Waals surface area (Å²) < 4.78 is 5.41. The van der Waals surface area contributed by atoms with Crippen LogP contribution in [-0.4, -0.2) is 23.3 Å². The van der Waals surface area contributed by atoms with Gasteiger partial charge >= 0.3 is 0 Å². The van der Waals surface area contributed by atoms with Gasteiger partial charge in [0.1, 0.15) is 18.1 Å². The Morgan fingerprint density at radius 1 is 1.26 bits per heavy atom. The molecule has 3 rings (SSSR count). The molecule has 23 heavy (non-hydrogen) atoms. The SMILES string of the molecule is C#CCOc1cc(N=C2C(=O)Nc3ccccc32)ccc1CO. The lowest BCUT2D eigenvalue weighted by molar-refractivity contribution is -0.110. The van der Waals surface area contributed by atoms with Gasteiger partial charge in [0.2, 0.25) is 0 Å². The number of nitrogens with zero attached hydrogens (tertiary/aromatic N) is 1. The highest BCUT2D eigenvalue weighted by Crippen LogP contribution is 2.29. The van der Waals surface area contributed by atoms with Crippen molar-refractivity contribution in [3.05, 3.63) is 53.6 Å². The van der Waals surface area contributed by atoms with E-state index in [9.17, 15) is 9.90 Å². The van der Waals surface area contributed by atoms with E-state index in [1.807, 2.05) is 24.3 Å². The summed E-state index contributed by atoms with van der Waals surface area (Å²) in [5.74, 6) is 2.59. The summed E-state index contributed by atoms with van der Waals surface area (Å²) in [5, 5.41) is 12.1. The number of amides is 1. The molecule has 0 unspecified atom stereocenters. The van der Waals surface area contributed by atoms with Crippen LogP contribution < -0.4 is 10.1 Å². The van der Waals surface area contributed by atoms with Crippen molar-refractivity contribution in [2.45, 2.75) is 6.61 Å². The minimum absolute atomic E-state index is 0.0936. The van der Waals surface area contributed by atoms with Crippen molar-refractivity contribution in [1.29, 1.82) is 0 Å². The molecule has 0 atom stereocenters. The fourth-order valence-corrected chi connectivity index (χ4v) is 2.34. The molecule has 2 aromatic carbocycles. The van der Waals surface area contributed by atoms with E-state index in [-0.39, 0.29) is 19.1 Å². The standard InChI is InChI=1S/C18H14N2O3/c1-2-9-23-16-10-13(8-7-12(16)11-21)19-17-14-5-3-4-6-15(14)20-18(17)22/h1,3-8,10,21H,9,11H2,(H,19,20,22). The molecule has 0 radical (unpaired) electrons. The van der Waals surface area contributed by atoms with Crippen LogP contribution in [0, 0.1) is 12.3 Å². The van der Waals surface area contributed by atoms with Gasteiger partial charge in [0, 0.05) is 17.2 Å². The Labute approximate surface area is 133 Å². The minimum Gasteiger partial charge on any atom is -0.481 e. The normalized spacial score (nSPS) is 14.3. The molecule has 114 valence electrons. The number of hydrogen-bond acceptors (Lipinski definition) is 4. The number of aliphatic hydroxyl groups excluding tert-OH is 1. The van der Waals surface area contributed by atoms with E-state index < -0.39 is 0 Å². The number of nitrogens with one attached hydrogen (secondary N) is 1. The average molecular weight is 306 g/mol. The Kier molecular flexibility index (Phi) is 4.09. The lowest BCUT2D eigenvalue weighted by atomic mass is 10.1. The molecular formula is C18H14N2O3.